The van der Waals surface area contributed by atoms with Gasteiger partial charge in [-0.3, -0.25) is 4.90 Å². The molecule has 0 aromatic rings. The van der Waals surface area contributed by atoms with Crippen molar-refractivity contribution >= 4 is 6.09 Å². The predicted octanol–water partition coefficient (Wildman–Crippen LogP) is 1.99. The topological polar surface area (TPSA) is 41.6 Å². The average molecular weight is 262 g/mol. The Morgan fingerprint density at radius 1 is 1.33 bits per heavy atom. The van der Waals surface area contributed by atoms with Crippen molar-refractivity contribution < 1.29 is 18.3 Å². The van der Waals surface area contributed by atoms with Crippen LogP contribution >= 0.6 is 0 Å². The molecule has 1 amide bonds. The molecule has 1 unspecified atom stereocenters. The molecule has 2 saturated heterocycles. The van der Waals surface area contributed by atoms with Crippen LogP contribution in [-0.4, -0.2) is 47.7 Å². The highest BCUT2D eigenvalue weighted by Crippen LogP contribution is 2.42. The van der Waals surface area contributed by atoms with Gasteiger partial charge in [0, 0.05) is 6.54 Å². The Labute approximate surface area is 106 Å². The van der Waals surface area contributed by atoms with E-state index in [1.165, 1.54) is 0 Å². The van der Waals surface area contributed by atoms with Gasteiger partial charge in [0.25, 0.3) is 5.92 Å². The van der Waals surface area contributed by atoms with Gasteiger partial charge in [-0.05, 0) is 40.2 Å². The summed E-state index contributed by atoms with van der Waals surface area (Å²) in [6.45, 7) is 5.22. The van der Waals surface area contributed by atoms with Crippen molar-refractivity contribution in [3.05, 3.63) is 0 Å². The minimum absolute atomic E-state index is 0.0227. The van der Waals surface area contributed by atoms with Crippen molar-refractivity contribution in [1.82, 2.24) is 10.2 Å². The average Bonchev–Trinajstić information content (AvgIpc) is 2.72. The first kappa shape index (κ1) is 13.5. The molecule has 0 aliphatic carbocycles. The van der Waals surface area contributed by atoms with Gasteiger partial charge >= 0.3 is 6.09 Å². The number of hydrogen-bond donors (Lipinski definition) is 1. The number of likely N-dealkylation sites (tertiary alicyclic amines) is 1. The first-order valence-electron chi connectivity index (χ1n) is 6.26. The second-order valence-electron chi connectivity index (χ2n) is 6.15. The predicted molar refractivity (Wildman–Crippen MR) is 62.7 cm³/mol. The van der Waals surface area contributed by atoms with E-state index >= 15 is 0 Å². The molecule has 0 bridgehead atoms. The maximum Gasteiger partial charge on any atom is 0.410 e. The number of hydrogen-bond acceptors (Lipinski definition) is 3. The second kappa shape index (κ2) is 4.05. The second-order valence-corrected chi connectivity index (χ2v) is 6.15. The molecular weight excluding hydrogens is 242 g/mol. The van der Waals surface area contributed by atoms with Crippen LogP contribution in [0.2, 0.25) is 0 Å². The molecule has 1 atom stereocenters. The van der Waals surface area contributed by atoms with Crippen molar-refractivity contribution in [3.63, 3.8) is 0 Å². The van der Waals surface area contributed by atoms with Crippen LogP contribution in [0.15, 0.2) is 0 Å². The summed E-state index contributed by atoms with van der Waals surface area (Å²) in [6.07, 6.45) is 0.463. The molecule has 2 heterocycles. The lowest BCUT2D eigenvalue weighted by atomic mass is 9.93. The van der Waals surface area contributed by atoms with Crippen LogP contribution in [0.3, 0.4) is 0 Å². The Kier molecular flexibility index (Phi) is 3.04. The maximum atomic E-state index is 14.0. The van der Waals surface area contributed by atoms with Crippen LogP contribution in [0, 0.1) is 0 Å². The van der Waals surface area contributed by atoms with Crippen LogP contribution in [0.4, 0.5) is 13.6 Å². The van der Waals surface area contributed by atoms with Crippen LogP contribution in [0.5, 0.6) is 0 Å². The Balaban J connectivity index is 2.08. The Bertz CT molecular complexity index is 346. The number of amides is 1. The van der Waals surface area contributed by atoms with E-state index < -0.39 is 29.7 Å². The third-order valence-corrected chi connectivity index (χ3v) is 3.45. The van der Waals surface area contributed by atoms with Crippen molar-refractivity contribution in [2.75, 3.05) is 19.6 Å². The molecule has 2 rings (SSSR count). The van der Waals surface area contributed by atoms with Crippen LogP contribution < -0.4 is 5.32 Å². The van der Waals surface area contributed by atoms with E-state index in [2.05, 4.69) is 5.32 Å². The zero-order valence-electron chi connectivity index (χ0n) is 11.1. The number of alkyl halides is 2. The van der Waals surface area contributed by atoms with Gasteiger partial charge in [-0.2, -0.15) is 0 Å². The number of rotatable bonds is 0. The molecule has 4 nitrogen and oxygen atoms in total. The minimum atomic E-state index is -2.89. The summed E-state index contributed by atoms with van der Waals surface area (Å²) in [4.78, 5) is 12.9. The molecule has 104 valence electrons. The van der Waals surface area contributed by atoms with Crippen LogP contribution in [-0.2, 0) is 4.74 Å². The highest BCUT2D eigenvalue weighted by molar-refractivity contribution is 5.69. The van der Waals surface area contributed by atoms with Crippen LogP contribution in [0.1, 0.15) is 33.6 Å². The molecule has 0 saturated carbocycles. The fourth-order valence-corrected chi connectivity index (χ4v) is 2.60. The molecule has 0 aromatic carbocycles. The SMILES string of the molecule is CC(C)(C)OC(=O)N1CC(F)(F)C2(CCCN2)C1. The molecule has 2 aliphatic rings. The summed E-state index contributed by atoms with van der Waals surface area (Å²) in [6, 6.07) is 0. The van der Waals surface area contributed by atoms with Gasteiger partial charge in [0.1, 0.15) is 11.1 Å². The van der Waals surface area contributed by atoms with E-state index in [0.29, 0.717) is 13.0 Å². The smallest absolute Gasteiger partial charge is 0.410 e. The summed E-state index contributed by atoms with van der Waals surface area (Å²) >= 11 is 0. The standard InChI is InChI=1S/C12H20F2N2O2/c1-10(2,3)18-9(17)16-7-11(5-4-6-15-11)12(13,14)8-16/h15H,4-8H2,1-3H3. The molecule has 6 heteroatoms. The first-order valence-corrected chi connectivity index (χ1v) is 6.26. The van der Waals surface area contributed by atoms with Crippen molar-refractivity contribution in [2.24, 2.45) is 0 Å². The van der Waals surface area contributed by atoms with Gasteiger partial charge in [-0.15, -0.1) is 0 Å². The molecule has 0 aromatic heterocycles. The maximum absolute atomic E-state index is 14.0. The van der Waals surface area contributed by atoms with Gasteiger partial charge in [-0.1, -0.05) is 0 Å². The van der Waals surface area contributed by atoms with Gasteiger partial charge in [0.15, 0.2) is 0 Å². The molecule has 1 N–H and O–H groups in total. The van der Waals surface area contributed by atoms with E-state index in [9.17, 15) is 13.6 Å². The fourth-order valence-electron chi connectivity index (χ4n) is 2.60. The molecule has 18 heavy (non-hydrogen) atoms. The molecule has 2 fully saturated rings. The molecule has 2 aliphatic heterocycles. The normalized spacial score (nSPS) is 31.1. The Hall–Kier alpha value is -0.910. The van der Waals surface area contributed by atoms with Crippen molar-refractivity contribution in [3.8, 4) is 0 Å². The quantitative estimate of drug-likeness (QED) is 0.726. The number of ether oxygens (including phenoxy) is 1. The summed E-state index contributed by atoms with van der Waals surface area (Å²) < 4.78 is 33.2. The first-order chi connectivity index (χ1) is 8.15. The third-order valence-electron chi connectivity index (χ3n) is 3.45. The lowest BCUT2D eigenvalue weighted by Gasteiger charge is -2.29. The number of nitrogens with zero attached hydrogens (tertiary/aromatic N) is 1. The van der Waals surface area contributed by atoms with Gasteiger partial charge in [0.05, 0.1) is 6.54 Å². The molecular formula is C12H20F2N2O2. The number of carbonyl (C=O) groups excluding carboxylic acids is 1. The summed E-state index contributed by atoms with van der Waals surface area (Å²) in [7, 11) is 0. The lowest BCUT2D eigenvalue weighted by Crippen LogP contribution is -2.54. The van der Waals surface area contributed by atoms with E-state index in [1.54, 1.807) is 20.8 Å². The van der Waals surface area contributed by atoms with Crippen LogP contribution in [0.25, 0.3) is 0 Å². The van der Waals surface area contributed by atoms with E-state index in [4.69, 9.17) is 4.74 Å². The number of halogens is 2. The summed E-state index contributed by atoms with van der Waals surface area (Å²) in [5, 5.41) is 2.87. The van der Waals surface area contributed by atoms with Crippen molar-refractivity contribution in [1.29, 1.82) is 0 Å². The lowest BCUT2D eigenvalue weighted by molar-refractivity contribution is -0.0500. The van der Waals surface area contributed by atoms with Gasteiger partial charge in [-0.25, -0.2) is 13.6 Å². The Morgan fingerprint density at radius 3 is 2.50 bits per heavy atom. The fraction of sp³-hybridized carbons (Fsp3) is 0.917. The summed E-state index contributed by atoms with van der Waals surface area (Å²) in [5.74, 6) is -2.89. The summed E-state index contributed by atoms with van der Waals surface area (Å²) in [5.41, 5.74) is -1.91. The number of nitrogens with one attached hydrogen (secondary N) is 1. The van der Waals surface area contributed by atoms with E-state index in [1.807, 2.05) is 0 Å². The van der Waals surface area contributed by atoms with Gasteiger partial charge in [0.2, 0.25) is 0 Å². The zero-order chi connectivity index (χ0) is 13.6. The van der Waals surface area contributed by atoms with E-state index in [0.717, 1.165) is 11.3 Å². The number of carbonyl (C=O) groups is 1. The minimum Gasteiger partial charge on any atom is -0.444 e. The largest absolute Gasteiger partial charge is 0.444 e. The molecule has 1 spiro atoms. The molecule has 0 radical (unpaired) electrons. The van der Waals surface area contributed by atoms with E-state index in [-0.39, 0.29) is 6.54 Å². The highest BCUT2D eigenvalue weighted by Gasteiger charge is 2.62. The Morgan fingerprint density at radius 2 is 2.00 bits per heavy atom. The monoisotopic (exact) mass is 262 g/mol. The third kappa shape index (κ3) is 2.30. The van der Waals surface area contributed by atoms with Crippen molar-refractivity contribution in [2.45, 2.75) is 50.7 Å². The van der Waals surface area contributed by atoms with Gasteiger partial charge < -0.3 is 10.1 Å². The highest BCUT2D eigenvalue weighted by atomic mass is 19.3. The zero-order valence-corrected chi connectivity index (χ0v) is 11.1.